The summed E-state index contributed by atoms with van der Waals surface area (Å²) in [5.74, 6) is 0.828. The van der Waals surface area contributed by atoms with E-state index < -0.39 is 14.9 Å². The summed E-state index contributed by atoms with van der Waals surface area (Å²) in [5, 5.41) is 10.7. The van der Waals surface area contributed by atoms with E-state index in [-0.39, 0.29) is 10.6 Å². The molecular formula is C19H23N3O5S. The normalized spacial score (nSPS) is 16.0. The van der Waals surface area contributed by atoms with Gasteiger partial charge in [-0.25, -0.2) is 8.42 Å². The smallest absolute Gasteiger partial charge is 0.269 e. The summed E-state index contributed by atoms with van der Waals surface area (Å²) in [6.07, 6.45) is 0.888. The molecule has 0 amide bonds. The van der Waals surface area contributed by atoms with Crippen LogP contribution < -0.4 is 4.74 Å². The monoisotopic (exact) mass is 405 g/mol. The van der Waals surface area contributed by atoms with Crippen LogP contribution in [-0.4, -0.2) is 62.4 Å². The van der Waals surface area contributed by atoms with Crippen molar-refractivity contribution in [3.63, 3.8) is 0 Å². The summed E-state index contributed by atoms with van der Waals surface area (Å²) in [6.45, 7) is 2.98. The summed E-state index contributed by atoms with van der Waals surface area (Å²) in [4.78, 5) is 12.5. The molecule has 8 nitrogen and oxygen atoms in total. The molecule has 1 aliphatic heterocycles. The SMILES string of the molecule is COc1ccc(CCN2CCN(S(=O)(=O)c3ccc([N+](=O)[O-])cc3)CC2)cc1. The van der Waals surface area contributed by atoms with E-state index in [2.05, 4.69) is 4.90 Å². The highest BCUT2D eigenvalue weighted by Gasteiger charge is 2.28. The molecule has 1 saturated heterocycles. The second-order valence-electron chi connectivity index (χ2n) is 6.59. The van der Waals surface area contributed by atoms with Crippen molar-refractivity contribution in [1.82, 2.24) is 9.21 Å². The van der Waals surface area contributed by atoms with Crippen molar-refractivity contribution in [2.45, 2.75) is 11.3 Å². The lowest BCUT2D eigenvalue weighted by molar-refractivity contribution is -0.384. The molecule has 1 heterocycles. The number of methoxy groups -OCH3 is 1. The molecule has 1 aliphatic rings. The maximum atomic E-state index is 12.7. The zero-order valence-corrected chi connectivity index (χ0v) is 16.5. The van der Waals surface area contributed by atoms with Crippen LogP contribution >= 0.6 is 0 Å². The van der Waals surface area contributed by atoms with Crippen molar-refractivity contribution in [1.29, 1.82) is 0 Å². The Morgan fingerprint density at radius 3 is 2.14 bits per heavy atom. The van der Waals surface area contributed by atoms with E-state index in [0.717, 1.165) is 18.7 Å². The number of hydrogen-bond acceptors (Lipinski definition) is 6. The Hall–Kier alpha value is -2.49. The van der Waals surface area contributed by atoms with Crippen LogP contribution in [0.3, 0.4) is 0 Å². The minimum Gasteiger partial charge on any atom is -0.497 e. The fourth-order valence-corrected chi connectivity index (χ4v) is 4.58. The molecule has 0 aromatic heterocycles. The molecule has 3 rings (SSSR count). The lowest BCUT2D eigenvalue weighted by Gasteiger charge is -2.34. The molecule has 0 spiro atoms. The minimum absolute atomic E-state index is 0.0878. The van der Waals surface area contributed by atoms with E-state index in [1.54, 1.807) is 7.11 Å². The molecule has 2 aromatic carbocycles. The Kier molecular flexibility index (Phi) is 6.28. The van der Waals surface area contributed by atoms with Crippen LogP contribution in [0.2, 0.25) is 0 Å². The summed E-state index contributed by atoms with van der Waals surface area (Å²) in [6, 6.07) is 13.0. The molecule has 9 heteroatoms. The largest absolute Gasteiger partial charge is 0.497 e. The van der Waals surface area contributed by atoms with Gasteiger partial charge in [0.25, 0.3) is 5.69 Å². The molecule has 0 bridgehead atoms. The molecule has 0 aliphatic carbocycles. The van der Waals surface area contributed by atoms with Gasteiger partial charge in [0.05, 0.1) is 16.9 Å². The second kappa shape index (κ2) is 8.68. The predicted molar refractivity (Wildman–Crippen MR) is 105 cm³/mol. The molecule has 0 radical (unpaired) electrons. The maximum Gasteiger partial charge on any atom is 0.269 e. The lowest BCUT2D eigenvalue weighted by atomic mass is 10.1. The van der Waals surface area contributed by atoms with Crippen LogP contribution in [0.5, 0.6) is 5.75 Å². The molecule has 28 heavy (non-hydrogen) atoms. The van der Waals surface area contributed by atoms with Crippen molar-refractivity contribution in [3.05, 3.63) is 64.2 Å². The van der Waals surface area contributed by atoms with Crippen LogP contribution in [0.1, 0.15) is 5.56 Å². The Morgan fingerprint density at radius 2 is 1.61 bits per heavy atom. The third-order valence-electron chi connectivity index (χ3n) is 4.89. The quantitative estimate of drug-likeness (QED) is 0.518. The first-order valence-electron chi connectivity index (χ1n) is 9.00. The van der Waals surface area contributed by atoms with Crippen LogP contribution in [0.4, 0.5) is 5.69 Å². The minimum atomic E-state index is -3.63. The molecule has 0 atom stereocenters. The summed E-state index contributed by atoms with van der Waals surface area (Å²) >= 11 is 0. The molecule has 0 unspecified atom stereocenters. The topological polar surface area (TPSA) is 93.0 Å². The molecule has 0 saturated carbocycles. The van der Waals surface area contributed by atoms with Gasteiger partial charge in [0.15, 0.2) is 0 Å². The number of nitro benzene ring substituents is 1. The van der Waals surface area contributed by atoms with Crippen LogP contribution in [0, 0.1) is 10.1 Å². The number of nitro groups is 1. The summed E-state index contributed by atoms with van der Waals surface area (Å²) < 4.78 is 32.1. The van der Waals surface area contributed by atoms with Gasteiger partial charge < -0.3 is 9.64 Å². The number of sulfonamides is 1. The van der Waals surface area contributed by atoms with E-state index in [9.17, 15) is 18.5 Å². The van der Waals surface area contributed by atoms with E-state index in [1.165, 1.54) is 34.1 Å². The Morgan fingerprint density at radius 1 is 1.00 bits per heavy atom. The van der Waals surface area contributed by atoms with E-state index in [4.69, 9.17) is 4.74 Å². The van der Waals surface area contributed by atoms with E-state index >= 15 is 0 Å². The highest BCUT2D eigenvalue weighted by atomic mass is 32.2. The third-order valence-corrected chi connectivity index (χ3v) is 6.81. The third kappa shape index (κ3) is 4.67. The first-order valence-corrected chi connectivity index (χ1v) is 10.4. The number of benzene rings is 2. The molecule has 150 valence electrons. The van der Waals surface area contributed by atoms with Crippen molar-refractivity contribution < 1.29 is 18.1 Å². The molecular weight excluding hydrogens is 382 g/mol. The van der Waals surface area contributed by atoms with Crippen LogP contribution in [-0.2, 0) is 16.4 Å². The van der Waals surface area contributed by atoms with Crippen molar-refractivity contribution in [3.8, 4) is 5.75 Å². The average Bonchev–Trinajstić information content (AvgIpc) is 2.73. The second-order valence-corrected chi connectivity index (χ2v) is 8.53. The van der Waals surface area contributed by atoms with Crippen LogP contribution in [0.25, 0.3) is 0 Å². The van der Waals surface area contributed by atoms with Gasteiger partial charge in [-0.1, -0.05) is 12.1 Å². The first kappa shape index (κ1) is 20.2. The lowest BCUT2D eigenvalue weighted by Crippen LogP contribution is -2.48. The summed E-state index contributed by atoms with van der Waals surface area (Å²) in [7, 11) is -1.99. The van der Waals surface area contributed by atoms with Gasteiger partial charge in [0.1, 0.15) is 5.75 Å². The predicted octanol–water partition coefficient (Wildman–Crippen LogP) is 2.15. The molecule has 1 fully saturated rings. The van der Waals surface area contributed by atoms with E-state index in [1.807, 2.05) is 24.3 Å². The van der Waals surface area contributed by atoms with Crippen molar-refractivity contribution >= 4 is 15.7 Å². The maximum absolute atomic E-state index is 12.7. The number of rotatable bonds is 7. The number of ether oxygens (including phenoxy) is 1. The van der Waals surface area contributed by atoms with Gasteiger partial charge in [-0.15, -0.1) is 0 Å². The Labute approximate surface area is 164 Å². The highest BCUT2D eigenvalue weighted by molar-refractivity contribution is 7.89. The number of hydrogen-bond donors (Lipinski definition) is 0. The van der Waals surface area contributed by atoms with Crippen molar-refractivity contribution in [2.24, 2.45) is 0 Å². The van der Waals surface area contributed by atoms with Crippen molar-refractivity contribution in [2.75, 3.05) is 39.8 Å². The van der Waals surface area contributed by atoms with Gasteiger partial charge in [0.2, 0.25) is 10.0 Å². The van der Waals surface area contributed by atoms with E-state index in [0.29, 0.717) is 26.2 Å². The number of piperazine rings is 1. The fourth-order valence-electron chi connectivity index (χ4n) is 3.16. The first-order chi connectivity index (χ1) is 13.4. The molecule has 2 aromatic rings. The standard InChI is InChI=1S/C19H23N3O5S/c1-27-18-6-2-16(3-7-18)10-11-20-12-14-21(15-13-20)28(25,26)19-8-4-17(5-9-19)22(23)24/h2-9H,10-15H2,1H3. The fraction of sp³-hybridized carbons (Fsp3) is 0.368. The van der Waals surface area contributed by atoms with Crippen LogP contribution in [0.15, 0.2) is 53.4 Å². The highest BCUT2D eigenvalue weighted by Crippen LogP contribution is 2.21. The zero-order chi connectivity index (χ0) is 20.1. The van der Waals surface area contributed by atoms with Gasteiger partial charge in [-0.05, 0) is 36.2 Å². The van der Waals surface area contributed by atoms with Gasteiger partial charge >= 0.3 is 0 Å². The van der Waals surface area contributed by atoms with Gasteiger partial charge in [0, 0.05) is 44.9 Å². The van der Waals surface area contributed by atoms with Gasteiger partial charge in [-0.2, -0.15) is 4.31 Å². The molecule has 0 N–H and O–H groups in total. The number of non-ortho nitro benzene ring substituents is 1. The van der Waals surface area contributed by atoms with Gasteiger partial charge in [-0.3, -0.25) is 10.1 Å². The zero-order valence-electron chi connectivity index (χ0n) is 15.7. The summed E-state index contributed by atoms with van der Waals surface area (Å²) in [5.41, 5.74) is 1.09. The Balaban J connectivity index is 1.54. The number of nitrogens with zero attached hydrogens (tertiary/aromatic N) is 3. The Bertz CT molecular complexity index is 906. The average molecular weight is 405 g/mol.